The first kappa shape index (κ1) is 64.1. The summed E-state index contributed by atoms with van der Waals surface area (Å²) < 4.78 is 22.7. The number of amides is 1. The lowest BCUT2D eigenvalue weighted by atomic mass is 9.97. The van der Waals surface area contributed by atoms with Gasteiger partial charge in [-0.15, -0.1) is 0 Å². The molecule has 0 aromatic rings. The number of aliphatic hydroxyl groups excluding tert-OH is 8. The highest BCUT2D eigenvalue weighted by Crippen LogP contribution is 2.30. The highest BCUT2D eigenvalue weighted by molar-refractivity contribution is 5.76. The Morgan fingerprint density at radius 2 is 0.914 bits per heavy atom. The number of carbonyl (C=O) groups excluding carboxylic acids is 1. The molecule has 2 aliphatic rings. The van der Waals surface area contributed by atoms with Crippen molar-refractivity contribution < 1.29 is 64.6 Å². The first-order valence-corrected chi connectivity index (χ1v) is 27.9. The van der Waals surface area contributed by atoms with E-state index >= 15 is 0 Å². The molecule has 2 rings (SSSR count). The van der Waals surface area contributed by atoms with Crippen molar-refractivity contribution in [3.8, 4) is 0 Å². The Labute approximate surface area is 423 Å². The van der Waals surface area contributed by atoms with E-state index in [1.807, 2.05) is 6.08 Å². The van der Waals surface area contributed by atoms with Crippen LogP contribution in [0.2, 0.25) is 0 Å². The van der Waals surface area contributed by atoms with E-state index in [0.29, 0.717) is 12.8 Å². The van der Waals surface area contributed by atoms with E-state index in [4.69, 9.17) is 18.9 Å². The number of ether oxygens (including phenoxy) is 4. The van der Waals surface area contributed by atoms with Gasteiger partial charge >= 0.3 is 0 Å². The third-order valence-corrected chi connectivity index (χ3v) is 13.5. The van der Waals surface area contributed by atoms with Gasteiger partial charge in [-0.2, -0.15) is 0 Å². The molecule has 0 spiro atoms. The van der Waals surface area contributed by atoms with Crippen LogP contribution in [-0.4, -0.2) is 140 Å². The molecule has 14 nitrogen and oxygen atoms in total. The fraction of sp³-hybridized carbons (Fsp3) is 0.839. The Morgan fingerprint density at radius 3 is 1.40 bits per heavy atom. The fourth-order valence-corrected chi connectivity index (χ4v) is 8.90. The number of allylic oxidation sites excluding steroid dienone is 7. The number of aliphatic hydroxyl groups is 8. The summed E-state index contributed by atoms with van der Waals surface area (Å²) in [6.45, 7) is 2.75. The average molecular weight is 996 g/mol. The minimum atomic E-state index is -1.79. The van der Waals surface area contributed by atoms with Crippen LogP contribution in [0.15, 0.2) is 48.6 Å². The van der Waals surface area contributed by atoms with E-state index in [2.05, 4.69) is 55.6 Å². The molecule has 0 saturated carbocycles. The van der Waals surface area contributed by atoms with Crippen LogP contribution in [0.1, 0.15) is 206 Å². The second-order valence-electron chi connectivity index (χ2n) is 19.7. The zero-order valence-corrected chi connectivity index (χ0v) is 43.5. The van der Waals surface area contributed by atoms with Gasteiger partial charge in [0.15, 0.2) is 12.6 Å². The molecule has 408 valence electrons. The quantitative estimate of drug-likeness (QED) is 0.0207. The second kappa shape index (κ2) is 42.3. The van der Waals surface area contributed by atoms with Crippen molar-refractivity contribution in [3.05, 3.63) is 48.6 Å². The summed E-state index contributed by atoms with van der Waals surface area (Å²) in [6, 6.07) is -0.942. The van der Waals surface area contributed by atoms with E-state index in [-0.39, 0.29) is 18.9 Å². The molecular weight excluding hydrogens is 895 g/mol. The number of rotatable bonds is 43. The molecule has 14 heteroatoms. The predicted octanol–water partition coefficient (Wildman–Crippen LogP) is 8.44. The van der Waals surface area contributed by atoms with Crippen LogP contribution >= 0.6 is 0 Å². The van der Waals surface area contributed by atoms with Gasteiger partial charge in [0.1, 0.15) is 48.8 Å². The Kier molecular flexibility index (Phi) is 38.7. The number of nitrogens with one attached hydrogen (secondary N) is 1. The van der Waals surface area contributed by atoms with Gasteiger partial charge in [0.2, 0.25) is 5.91 Å². The van der Waals surface area contributed by atoms with Crippen LogP contribution in [-0.2, 0) is 23.7 Å². The highest BCUT2D eigenvalue weighted by Gasteiger charge is 2.51. The van der Waals surface area contributed by atoms with Gasteiger partial charge in [-0.3, -0.25) is 4.79 Å². The summed E-state index contributed by atoms with van der Waals surface area (Å²) in [5, 5.41) is 86.9. The van der Waals surface area contributed by atoms with Crippen molar-refractivity contribution in [2.75, 3.05) is 19.8 Å². The zero-order chi connectivity index (χ0) is 51.0. The zero-order valence-electron chi connectivity index (χ0n) is 43.5. The summed E-state index contributed by atoms with van der Waals surface area (Å²) in [5.41, 5.74) is 0. The van der Waals surface area contributed by atoms with E-state index in [1.54, 1.807) is 6.08 Å². The molecule has 9 N–H and O–H groups in total. The normalized spacial score (nSPS) is 26.3. The molecule has 12 unspecified atom stereocenters. The lowest BCUT2D eigenvalue weighted by Crippen LogP contribution is -2.65. The summed E-state index contributed by atoms with van der Waals surface area (Å²) >= 11 is 0. The molecule has 70 heavy (non-hydrogen) atoms. The number of unbranched alkanes of at least 4 members (excludes halogenated alkanes) is 24. The van der Waals surface area contributed by atoms with Gasteiger partial charge in [-0.25, -0.2) is 0 Å². The van der Waals surface area contributed by atoms with Crippen molar-refractivity contribution in [2.45, 2.75) is 280 Å². The van der Waals surface area contributed by atoms with E-state index < -0.39 is 86.8 Å². The van der Waals surface area contributed by atoms with E-state index in [9.17, 15) is 45.6 Å². The maximum absolute atomic E-state index is 13.2. The topological polar surface area (TPSA) is 228 Å². The van der Waals surface area contributed by atoms with Crippen molar-refractivity contribution in [2.24, 2.45) is 0 Å². The van der Waals surface area contributed by atoms with Crippen LogP contribution < -0.4 is 5.32 Å². The van der Waals surface area contributed by atoms with Crippen LogP contribution in [0.4, 0.5) is 0 Å². The summed E-state index contributed by atoms with van der Waals surface area (Å²) in [5.74, 6) is -0.264. The van der Waals surface area contributed by atoms with Crippen LogP contribution in [0.3, 0.4) is 0 Å². The largest absolute Gasteiger partial charge is 0.394 e. The first-order valence-electron chi connectivity index (χ1n) is 27.9. The minimum absolute atomic E-state index is 0.259. The summed E-state index contributed by atoms with van der Waals surface area (Å²) in [7, 11) is 0. The summed E-state index contributed by atoms with van der Waals surface area (Å²) in [4.78, 5) is 13.2. The first-order chi connectivity index (χ1) is 34.1. The molecule has 2 saturated heterocycles. The molecule has 0 aromatic carbocycles. The average Bonchev–Trinajstić information content (AvgIpc) is 3.36. The van der Waals surface area contributed by atoms with E-state index in [1.165, 1.54) is 109 Å². The predicted molar refractivity (Wildman–Crippen MR) is 277 cm³/mol. The fourth-order valence-electron chi connectivity index (χ4n) is 8.90. The minimum Gasteiger partial charge on any atom is -0.394 e. The molecule has 1 amide bonds. The van der Waals surface area contributed by atoms with Crippen molar-refractivity contribution in [1.29, 1.82) is 0 Å². The molecule has 2 aliphatic heterocycles. The molecule has 12 atom stereocenters. The van der Waals surface area contributed by atoms with Gasteiger partial charge < -0.3 is 65.1 Å². The van der Waals surface area contributed by atoms with Gasteiger partial charge in [-0.1, -0.05) is 178 Å². The lowest BCUT2D eigenvalue weighted by molar-refractivity contribution is -0.359. The molecule has 0 aromatic heterocycles. The van der Waals surface area contributed by atoms with Gasteiger partial charge in [0.05, 0.1) is 32.0 Å². The molecular formula is C56H101NO13. The molecule has 0 aliphatic carbocycles. The maximum atomic E-state index is 13.2. The number of hydrogen-bond donors (Lipinski definition) is 9. The highest BCUT2D eigenvalue weighted by atomic mass is 16.7. The van der Waals surface area contributed by atoms with Crippen LogP contribution in [0, 0.1) is 0 Å². The SMILES string of the molecule is CCCCCCC/C=C\CCCCCCCC(=O)NC(COC1OC(CO)C(OC2OC(CO)C(O)C(O)C2O)C(O)C1O)C(O)/C=C/CC/C=C/CC/C=C/CCCCCCCCCCCCCC. The van der Waals surface area contributed by atoms with Gasteiger partial charge in [-0.05, 0) is 70.6 Å². The van der Waals surface area contributed by atoms with Gasteiger partial charge in [0, 0.05) is 6.42 Å². The second-order valence-corrected chi connectivity index (χ2v) is 19.7. The molecule has 2 fully saturated rings. The Bertz CT molecular complexity index is 1360. The van der Waals surface area contributed by atoms with Crippen molar-refractivity contribution in [3.63, 3.8) is 0 Å². The molecule has 0 bridgehead atoms. The van der Waals surface area contributed by atoms with Crippen molar-refractivity contribution in [1.82, 2.24) is 5.32 Å². The maximum Gasteiger partial charge on any atom is 0.220 e. The van der Waals surface area contributed by atoms with E-state index in [0.717, 1.165) is 64.2 Å². The van der Waals surface area contributed by atoms with Crippen molar-refractivity contribution >= 4 is 5.91 Å². The van der Waals surface area contributed by atoms with Gasteiger partial charge in [0.25, 0.3) is 0 Å². The lowest BCUT2D eigenvalue weighted by Gasteiger charge is -2.46. The molecule has 0 radical (unpaired) electrons. The summed E-state index contributed by atoms with van der Waals surface area (Å²) in [6.07, 6.45) is 34.4. The number of hydrogen-bond acceptors (Lipinski definition) is 13. The third-order valence-electron chi connectivity index (χ3n) is 13.5. The Hall–Kier alpha value is -2.05. The molecule has 2 heterocycles. The van der Waals surface area contributed by atoms with Crippen LogP contribution in [0.25, 0.3) is 0 Å². The number of carbonyl (C=O) groups is 1. The van der Waals surface area contributed by atoms with Crippen LogP contribution in [0.5, 0.6) is 0 Å². The monoisotopic (exact) mass is 996 g/mol. The standard InChI is InChI=1S/C56H101NO13/c1-3-5-7-9-11-13-15-17-19-20-21-22-23-24-25-26-27-29-31-33-35-37-39-45(60)44(57-48(61)40-38-36-34-32-30-28-18-16-14-12-10-8-6-4-2)43-67-55-53(66)51(64)54(47(42-59)69-55)70-56-52(65)50(63)49(62)46(41-58)68-56/h16,18,24-25,29,31,37,39,44-47,49-56,58-60,62-66H,3-15,17,19-23,26-28,30,32-36,38,40-43H2,1-2H3,(H,57,61)/b18-16-,25-24+,31-29+,39-37+. The third kappa shape index (κ3) is 28.4. The Balaban J connectivity index is 1.83. The Morgan fingerprint density at radius 1 is 0.500 bits per heavy atom. The smallest absolute Gasteiger partial charge is 0.220 e.